The van der Waals surface area contributed by atoms with E-state index >= 15 is 0 Å². The van der Waals surface area contributed by atoms with Gasteiger partial charge >= 0.3 is 6.09 Å². The van der Waals surface area contributed by atoms with Crippen molar-refractivity contribution in [3.8, 4) is 0 Å². The lowest BCUT2D eigenvalue weighted by Crippen LogP contribution is -2.54. The number of aromatic nitrogens is 2. The molecule has 1 aromatic rings. The van der Waals surface area contributed by atoms with Crippen LogP contribution in [0.2, 0.25) is 0 Å². The summed E-state index contributed by atoms with van der Waals surface area (Å²) in [6.45, 7) is 11.2. The van der Waals surface area contributed by atoms with Gasteiger partial charge in [0.15, 0.2) is 11.6 Å². The van der Waals surface area contributed by atoms with E-state index in [1.807, 2.05) is 41.7 Å². The Morgan fingerprint density at radius 2 is 2.04 bits per heavy atom. The third kappa shape index (κ3) is 4.33. The number of likely N-dealkylation sites (tertiary alicyclic amines) is 1. The number of ether oxygens (including phenoxy) is 1. The summed E-state index contributed by atoms with van der Waals surface area (Å²) >= 11 is 0. The van der Waals surface area contributed by atoms with Gasteiger partial charge in [-0.15, -0.1) is 0 Å². The lowest BCUT2D eigenvalue weighted by Gasteiger charge is -2.41. The summed E-state index contributed by atoms with van der Waals surface area (Å²) in [5.41, 5.74) is -0.0631. The van der Waals surface area contributed by atoms with E-state index in [1.165, 1.54) is 6.33 Å². The number of nitrogens with zero attached hydrogens (tertiary/aromatic N) is 4. The van der Waals surface area contributed by atoms with E-state index in [9.17, 15) is 9.18 Å². The maximum absolute atomic E-state index is 14.5. The van der Waals surface area contributed by atoms with E-state index in [0.29, 0.717) is 31.1 Å². The molecule has 1 saturated heterocycles. The fourth-order valence-electron chi connectivity index (χ4n) is 2.68. The zero-order valence-electron chi connectivity index (χ0n) is 15.3. The van der Waals surface area contributed by atoms with E-state index in [0.717, 1.165) is 0 Å². The van der Waals surface area contributed by atoms with Gasteiger partial charge in [0.2, 0.25) is 0 Å². The van der Waals surface area contributed by atoms with Crippen molar-refractivity contribution < 1.29 is 13.9 Å². The highest BCUT2D eigenvalue weighted by molar-refractivity contribution is 5.69. The van der Waals surface area contributed by atoms with Crippen molar-refractivity contribution in [1.82, 2.24) is 14.9 Å². The lowest BCUT2D eigenvalue weighted by atomic mass is 10.0. The summed E-state index contributed by atoms with van der Waals surface area (Å²) in [4.78, 5) is 23.5. The largest absolute Gasteiger partial charge is 0.444 e. The molecule has 24 heavy (non-hydrogen) atoms. The molecule has 0 aliphatic carbocycles. The smallest absolute Gasteiger partial charge is 0.410 e. The first-order valence-corrected chi connectivity index (χ1v) is 8.28. The van der Waals surface area contributed by atoms with E-state index in [1.54, 1.807) is 9.80 Å². The van der Waals surface area contributed by atoms with E-state index in [2.05, 4.69) is 9.97 Å². The first-order chi connectivity index (χ1) is 11.1. The predicted molar refractivity (Wildman–Crippen MR) is 90.6 cm³/mol. The number of anilines is 1. The summed E-state index contributed by atoms with van der Waals surface area (Å²) in [5.74, 6) is 0.230. The Bertz CT molecular complexity index is 595. The standard InChI is InChI=1S/C17H27FN4O2/c1-11(2)14-13(18)15(20-10-19-14)21(6)7-12-8-22(9-12)16(23)24-17(3,4)5/h10-12H,7-9H2,1-6H3. The van der Waals surface area contributed by atoms with Crippen LogP contribution in [-0.4, -0.2) is 53.2 Å². The molecule has 2 rings (SSSR count). The molecular formula is C17H27FN4O2. The molecule has 0 spiro atoms. The number of hydrogen-bond donors (Lipinski definition) is 0. The van der Waals surface area contributed by atoms with Gasteiger partial charge in [-0.25, -0.2) is 19.2 Å². The van der Waals surface area contributed by atoms with Crippen LogP contribution in [0.1, 0.15) is 46.2 Å². The highest BCUT2D eigenvalue weighted by Gasteiger charge is 2.34. The van der Waals surface area contributed by atoms with Gasteiger partial charge in [-0.05, 0) is 26.7 Å². The van der Waals surface area contributed by atoms with Crippen LogP contribution in [0.5, 0.6) is 0 Å². The number of carbonyl (C=O) groups is 1. The molecular weight excluding hydrogens is 311 g/mol. The zero-order chi connectivity index (χ0) is 18.1. The third-order valence-corrected chi connectivity index (χ3v) is 3.85. The topological polar surface area (TPSA) is 58.6 Å². The summed E-state index contributed by atoms with van der Waals surface area (Å²) < 4.78 is 19.8. The monoisotopic (exact) mass is 338 g/mol. The lowest BCUT2D eigenvalue weighted by molar-refractivity contribution is 0.000157. The molecule has 0 unspecified atom stereocenters. The highest BCUT2D eigenvalue weighted by atomic mass is 19.1. The van der Waals surface area contributed by atoms with E-state index in [4.69, 9.17) is 4.74 Å². The molecule has 1 aromatic heterocycles. The molecule has 134 valence electrons. The Morgan fingerprint density at radius 3 is 2.58 bits per heavy atom. The highest BCUT2D eigenvalue weighted by Crippen LogP contribution is 2.25. The fraction of sp³-hybridized carbons (Fsp3) is 0.706. The van der Waals surface area contributed by atoms with Crippen LogP contribution >= 0.6 is 0 Å². The maximum Gasteiger partial charge on any atom is 0.410 e. The van der Waals surface area contributed by atoms with E-state index in [-0.39, 0.29) is 23.7 Å². The van der Waals surface area contributed by atoms with Crippen LogP contribution < -0.4 is 4.90 Å². The Kier molecular flexibility index (Phi) is 5.30. The van der Waals surface area contributed by atoms with Crippen molar-refractivity contribution in [2.24, 2.45) is 5.92 Å². The molecule has 1 aliphatic rings. The number of hydrogen-bond acceptors (Lipinski definition) is 5. The van der Waals surface area contributed by atoms with Gasteiger partial charge in [0.05, 0.1) is 5.69 Å². The Labute approximate surface area is 143 Å². The molecule has 6 nitrogen and oxygen atoms in total. The Morgan fingerprint density at radius 1 is 1.42 bits per heavy atom. The average molecular weight is 338 g/mol. The molecule has 0 atom stereocenters. The van der Waals surface area contributed by atoms with Crippen molar-refractivity contribution >= 4 is 11.9 Å². The van der Waals surface area contributed by atoms with Crippen molar-refractivity contribution in [3.05, 3.63) is 17.8 Å². The molecule has 7 heteroatoms. The average Bonchev–Trinajstić information content (AvgIpc) is 2.39. The van der Waals surface area contributed by atoms with Gasteiger partial charge in [0.1, 0.15) is 11.9 Å². The van der Waals surface area contributed by atoms with Crippen molar-refractivity contribution in [1.29, 1.82) is 0 Å². The maximum atomic E-state index is 14.5. The van der Waals surface area contributed by atoms with Gasteiger partial charge < -0.3 is 14.5 Å². The van der Waals surface area contributed by atoms with Crippen LogP contribution in [0.3, 0.4) is 0 Å². The van der Waals surface area contributed by atoms with Crippen molar-refractivity contribution in [3.63, 3.8) is 0 Å². The third-order valence-electron chi connectivity index (χ3n) is 3.85. The fourth-order valence-corrected chi connectivity index (χ4v) is 2.68. The Balaban J connectivity index is 1.90. The van der Waals surface area contributed by atoms with Crippen molar-refractivity contribution in [2.45, 2.75) is 46.1 Å². The minimum atomic E-state index is -0.490. The van der Waals surface area contributed by atoms with Gasteiger partial charge in [0.25, 0.3) is 0 Å². The Hall–Kier alpha value is -1.92. The van der Waals surface area contributed by atoms with Crippen molar-refractivity contribution in [2.75, 3.05) is 31.6 Å². The predicted octanol–water partition coefficient (Wildman–Crippen LogP) is 3.04. The summed E-state index contributed by atoms with van der Waals surface area (Å²) in [6.07, 6.45) is 1.11. The number of amides is 1. The molecule has 0 saturated carbocycles. The molecule has 1 amide bonds. The number of carbonyl (C=O) groups excluding carboxylic acids is 1. The second-order valence-electron chi connectivity index (χ2n) is 7.68. The first kappa shape index (κ1) is 18.4. The SMILES string of the molecule is CC(C)c1ncnc(N(C)CC2CN(C(=O)OC(C)(C)C)C2)c1F. The minimum absolute atomic E-state index is 0.00603. The minimum Gasteiger partial charge on any atom is -0.444 e. The number of halogens is 1. The van der Waals surface area contributed by atoms with Crippen LogP contribution in [0.4, 0.5) is 15.0 Å². The van der Waals surface area contributed by atoms with Gasteiger partial charge in [0, 0.05) is 32.6 Å². The quantitative estimate of drug-likeness (QED) is 0.844. The van der Waals surface area contributed by atoms with E-state index < -0.39 is 5.60 Å². The molecule has 0 N–H and O–H groups in total. The van der Waals surface area contributed by atoms with Gasteiger partial charge in [-0.2, -0.15) is 0 Å². The second-order valence-corrected chi connectivity index (χ2v) is 7.68. The summed E-state index contributed by atoms with van der Waals surface area (Å²) in [6, 6.07) is 0. The normalized spacial score (nSPS) is 15.4. The van der Waals surface area contributed by atoms with Crippen LogP contribution in [0.25, 0.3) is 0 Å². The van der Waals surface area contributed by atoms with Gasteiger partial charge in [-0.3, -0.25) is 0 Å². The summed E-state index contributed by atoms with van der Waals surface area (Å²) in [5, 5.41) is 0. The second kappa shape index (κ2) is 6.91. The molecule has 1 fully saturated rings. The van der Waals surface area contributed by atoms with Crippen LogP contribution in [0, 0.1) is 11.7 Å². The van der Waals surface area contributed by atoms with Gasteiger partial charge in [-0.1, -0.05) is 13.8 Å². The van der Waals surface area contributed by atoms with Crippen LogP contribution in [0.15, 0.2) is 6.33 Å². The molecule has 0 bridgehead atoms. The molecule has 1 aliphatic heterocycles. The molecule has 0 aromatic carbocycles. The number of rotatable bonds is 4. The first-order valence-electron chi connectivity index (χ1n) is 8.28. The van der Waals surface area contributed by atoms with Crippen LogP contribution in [-0.2, 0) is 4.74 Å². The summed E-state index contributed by atoms with van der Waals surface area (Å²) in [7, 11) is 1.81. The molecule has 2 heterocycles. The zero-order valence-corrected chi connectivity index (χ0v) is 15.3. The molecule has 0 radical (unpaired) electrons.